The molecule has 0 saturated carbocycles. The molecule has 0 saturated heterocycles. The highest BCUT2D eigenvalue weighted by molar-refractivity contribution is 7.89. The highest BCUT2D eigenvalue weighted by Gasteiger charge is 2.21. The van der Waals surface area contributed by atoms with Crippen molar-refractivity contribution in [2.45, 2.75) is 18.7 Å². The molecule has 0 aromatic heterocycles. The first-order valence-corrected chi connectivity index (χ1v) is 9.34. The normalized spacial score (nSPS) is 11.1. The van der Waals surface area contributed by atoms with E-state index in [1.165, 1.54) is 32.4 Å². The molecule has 1 amide bonds. The first-order chi connectivity index (χ1) is 12.3. The highest BCUT2D eigenvalue weighted by Crippen LogP contribution is 2.28. The van der Waals surface area contributed by atoms with Crippen molar-refractivity contribution in [3.63, 3.8) is 0 Å². The molecule has 7 nitrogen and oxygen atoms in total. The zero-order valence-corrected chi connectivity index (χ0v) is 15.9. The number of sulfonamides is 1. The Bertz CT molecular complexity index is 910. The van der Waals surface area contributed by atoms with Gasteiger partial charge in [-0.1, -0.05) is 12.1 Å². The Morgan fingerprint density at radius 2 is 1.81 bits per heavy atom. The van der Waals surface area contributed by atoms with Crippen molar-refractivity contribution in [1.82, 2.24) is 4.72 Å². The van der Waals surface area contributed by atoms with Gasteiger partial charge >= 0.3 is 0 Å². The number of nitrogens with one attached hydrogen (secondary N) is 2. The van der Waals surface area contributed by atoms with Gasteiger partial charge < -0.3 is 14.8 Å². The maximum atomic E-state index is 12.5. The van der Waals surface area contributed by atoms with E-state index in [9.17, 15) is 13.2 Å². The van der Waals surface area contributed by atoms with Gasteiger partial charge in [-0.25, -0.2) is 13.1 Å². The number of rotatable bonds is 7. The second-order valence-corrected chi connectivity index (χ2v) is 7.37. The van der Waals surface area contributed by atoms with Gasteiger partial charge in [-0.3, -0.25) is 4.79 Å². The summed E-state index contributed by atoms with van der Waals surface area (Å²) in [5.74, 6) is 0.134. The summed E-state index contributed by atoms with van der Waals surface area (Å²) in [5, 5.41) is 2.70. The third kappa shape index (κ3) is 4.53. The fourth-order valence-corrected chi connectivity index (χ4v) is 3.45. The molecule has 0 bridgehead atoms. The van der Waals surface area contributed by atoms with Crippen LogP contribution in [-0.4, -0.2) is 35.1 Å². The molecule has 0 heterocycles. The Hall–Kier alpha value is -2.58. The summed E-state index contributed by atoms with van der Waals surface area (Å²) in [5.41, 5.74) is 2.61. The molecule has 2 N–H and O–H groups in total. The van der Waals surface area contributed by atoms with Crippen LogP contribution in [0.25, 0.3) is 0 Å². The Morgan fingerprint density at radius 1 is 1.08 bits per heavy atom. The molecule has 140 valence electrons. The zero-order valence-electron chi connectivity index (χ0n) is 15.1. The number of hydrogen-bond donors (Lipinski definition) is 2. The van der Waals surface area contributed by atoms with Crippen molar-refractivity contribution < 1.29 is 22.7 Å². The number of hydrogen-bond acceptors (Lipinski definition) is 5. The molecule has 0 spiro atoms. The fraction of sp³-hybridized carbons (Fsp3) is 0.278. The van der Waals surface area contributed by atoms with Crippen LogP contribution in [0.2, 0.25) is 0 Å². The number of benzene rings is 2. The van der Waals surface area contributed by atoms with Gasteiger partial charge in [-0.15, -0.1) is 0 Å². The quantitative estimate of drug-likeness (QED) is 0.771. The second-order valence-electron chi connectivity index (χ2n) is 5.64. The Labute approximate surface area is 153 Å². The predicted octanol–water partition coefficient (Wildman–Crippen LogP) is 2.24. The molecule has 0 atom stereocenters. The molecule has 0 fully saturated rings. The molecular weight excluding hydrogens is 356 g/mol. The summed E-state index contributed by atoms with van der Waals surface area (Å²) >= 11 is 0. The van der Waals surface area contributed by atoms with Crippen LogP contribution in [0.3, 0.4) is 0 Å². The van der Waals surface area contributed by atoms with Gasteiger partial charge in [0.15, 0.2) is 0 Å². The van der Waals surface area contributed by atoms with Gasteiger partial charge in [0.25, 0.3) is 0 Å². The van der Waals surface area contributed by atoms with Crippen molar-refractivity contribution in [2.24, 2.45) is 0 Å². The van der Waals surface area contributed by atoms with Crippen molar-refractivity contribution in [1.29, 1.82) is 0 Å². The van der Waals surface area contributed by atoms with Gasteiger partial charge in [-0.05, 0) is 43.2 Å². The first kappa shape index (κ1) is 19.7. The lowest BCUT2D eigenvalue weighted by atomic mass is 10.1. The van der Waals surface area contributed by atoms with E-state index in [2.05, 4.69) is 10.0 Å². The summed E-state index contributed by atoms with van der Waals surface area (Å²) in [6, 6.07) is 9.86. The minimum absolute atomic E-state index is 0.0691. The minimum Gasteiger partial charge on any atom is -0.497 e. The lowest BCUT2D eigenvalue weighted by Gasteiger charge is -2.13. The van der Waals surface area contributed by atoms with E-state index < -0.39 is 22.5 Å². The van der Waals surface area contributed by atoms with Crippen LogP contribution in [0, 0.1) is 13.8 Å². The van der Waals surface area contributed by atoms with Crippen molar-refractivity contribution in [3.8, 4) is 11.5 Å². The minimum atomic E-state index is -3.93. The van der Waals surface area contributed by atoms with Crippen molar-refractivity contribution in [2.75, 3.05) is 26.1 Å². The lowest BCUT2D eigenvalue weighted by molar-refractivity contribution is -0.115. The van der Waals surface area contributed by atoms with Crippen molar-refractivity contribution >= 4 is 21.6 Å². The molecule has 0 aliphatic rings. The molecule has 2 aromatic rings. The third-order valence-electron chi connectivity index (χ3n) is 3.96. The summed E-state index contributed by atoms with van der Waals surface area (Å²) in [4.78, 5) is 12.1. The second kappa shape index (κ2) is 8.20. The van der Waals surface area contributed by atoms with E-state index in [0.29, 0.717) is 11.4 Å². The maximum absolute atomic E-state index is 12.5. The van der Waals surface area contributed by atoms with Gasteiger partial charge in [0.1, 0.15) is 16.4 Å². The van der Waals surface area contributed by atoms with E-state index in [-0.39, 0.29) is 10.6 Å². The van der Waals surface area contributed by atoms with Gasteiger partial charge in [0.05, 0.1) is 20.8 Å². The van der Waals surface area contributed by atoms with E-state index in [1.807, 2.05) is 26.0 Å². The fourth-order valence-electron chi connectivity index (χ4n) is 2.32. The number of aryl methyl sites for hydroxylation is 1. The molecule has 0 radical (unpaired) electrons. The van der Waals surface area contributed by atoms with Crippen LogP contribution >= 0.6 is 0 Å². The van der Waals surface area contributed by atoms with Crippen LogP contribution < -0.4 is 19.5 Å². The third-order valence-corrected chi connectivity index (χ3v) is 5.40. The SMILES string of the molecule is COc1ccc(S(=O)(=O)NCC(=O)Nc2cccc(C)c2C)c(OC)c1. The molecule has 0 aliphatic carbocycles. The number of methoxy groups -OCH3 is 2. The lowest BCUT2D eigenvalue weighted by Crippen LogP contribution is -2.33. The Kier molecular flexibility index (Phi) is 6.23. The van der Waals surface area contributed by atoms with E-state index in [0.717, 1.165) is 11.1 Å². The van der Waals surface area contributed by atoms with Crippen LogP contribution in [0.4, 0.5) is 5.69 Å². The van der Waals surface area contributed by atoms with E-state index in [1.54, 1.807) is 6.07 Å². The average Bonchev–Trinajstić information content (AvgIpc) is 2.63. The highest BCUT2D eigenvalue weighted by atomic mass is 32.2. The smallest absolute Gasteiger partial charge is 0.244 e. The first-order valence-electron chi connectivity index (χ1n) is 7.86. The monoisotopic (exact) mass is 378 g/mol. The predicted molar refractivity (Wildman–Crippen MR) is 99.3 cm³/mol. The van der Waals surface area contributed by atoms with Crippen LogP contribution in [-0.2, 0) is 14.8 Å². The standard InChI is InChI=1S/C18H22N2O5S/c1-12-6-5-7-15(13(12)2)20-18(21)11-19-26(22,23)17-9-8-14(24-3)10-16(17)25-4/h5-10,19H,11H2,1-4H3,(H,20,21). The summed E-state index contributed by atoms with van der Waals surface area (Å²) in [7, 11) is -1.09. The largest absolute Gasteiger partial charge is 0.497 e. The van der Waals surface area contributed by atoms with Crippen LogP contribution in [0.15, 0.2) is 41.3 Å². The number of ether oxygens (including phenoxy) is 2. The molecule has 8 heteroatoms. The van der Waals surface area contributed by atoms with Gasteiger partial charge in [0, 0.05) is 11.8 Å². The molecule has 2 rings (SSSR count). The molecule has 0 aliphatic heterocycles. The number of anilines is 1. The van der Waals surface area contributed by atoms with E-state index >= 15 is 0 Å². The topological polar surface area (TPSA) is 93.7 Å². The maximum Gasteiger partial charge on any atom is 0.244 e. The molecular formula is C18H22N2O5S. The summed E-state index contributed by atoms with van der Waals surface area (Å²) < 4.78 is 37.4. The average molecular weight is 378 g/mol. The van der Waals surface area contributed by atoms with Gasteiger partial charge in [0.2, 0.25) is 15.9 Å². The van der Waals surface area contributed by atoms with Crippen molar-refractivity contribution in [3.05, 3.63) is 47.5 Å². The molecule has 26 heavy (non-hydrogen) atoms. The molecule has 2 aromatic carbocycles. The number of amides is 1. The number of carbonyl (C=O) groups excluding carboxylic acids is 1. The molecule has 0 unspecified atom stereocenters. The zero-order chi connectivity index (χ0) is 19.3. The van der Waals surface area contributed by atoms with E-state index in [4.69, 9.17) is 9.47 Å². The Morgan fingerprint density at radius 3 is 2.46 bits per heavy atom. The summed E-state index contributed by atoms with van der Waals surface area (Å²) in [6.07, 6.45) is 0. The Balaban J connectivity index is 2.10. The van der Waals surface area contributed by atoms with Crippen LogP contribution in [0.5, 0.6) is 11.5 Å². The summed E-state index contributed by atoms with van der Waals surface area (Å²) in [6.45, 7) is 3.42. The van der Waals surface area contributed by atoms with Gasteiger partial charge in [-0.2, -0.15) is 0 Å². The number of carbonyl (C=O) groups is 1. The van der Waals surface area contributed by atoms with Crippen LogP contribution in [0.1, 0.15) is 11.1 Å².